The first-order valence-electron chi connectivity index (χ1n) is 20.7. The summed E-state index contributed by atoms with van der Waals surface area (Å²) < 4.78 is 8.92. The lowest BCUT2D eigenvalue weighted by Gasteiger charge is -2.22. The Labute approximate surface area is 356 Å². The van der Waals surface area contributed by atoms with Crippen molar-refractivity contribution in [3.05, 3.63) is 217 Å². The maximum absolute atomic E-state index is 6.67. The van der Waals surface area contributed by atoms with Gasteiger partial charge in [-0.2, -0.15) is 0 Å². The second-order valence-corrected chi connectivity index (χ2v) is 16.3. The molecule has 9 aromatic rings. The van der Waals surface area contributed by atoms with Crippen LogP contribution in [0, 0.1) is 0 Å². The van der Waals surface area contributed by atoms with Crippen LogP contribution < -0.4 is 15.4 Å². The topological polar surface area (TPSA) is 51.1 Å². The number of hydrogen-bond donors (Lipinski definition) is 2. The van der Waals surface area contributed by atoms with Crippen LogP contribution in [-0.4, -0.2) is 9.55 Å². The largest absolute Gasteiger partial charge is 0.457 e. The second-order valence-electron chi connectivity index (χ2n) is 16.3. The average molecular weight is 789 g/mol. The van der Waals surface area contributed by atoms with Gasteiger partial charge in [-0.15, -0.1) is 5.73 Å². The highest BCUT2D eigenvalue weighted by molar-refractivity contribution is 6.09. The van der Waals surface area contributed by atoms with Crippen LogP contribution >= 0.6 is 0 Å². The molecule has 294 valence electrons. The number of hydrogen-bond acceptors (Lipinski definition) is 4. The van der Waals surface area contributed by atoms with E-state index in [1.165, 1.54) is 10.9 Å². The molecule has 0 saturated heterocycles. The molecule has 0 spiro atoms. The molecular weight excluding hydrogens is 745 g/mol. The Hall–Kier alpha value is -7.85. The van der Waals surface area contributed by atoms with Gasteiger partial charge in [0, 0.05) is 51.3 Å². The van der Waals surface area contributed by atoms with Gasteiger partial charge in [-0.05, 0) is 94.3 Å². The summed E-state index contributed by atoms with van der Waals surface area (Å²) >= 11 is 0. The maximum atomic E-state index is 6.67. The number of rotatable bonds is 9. The van der Waals surface area contributed by atoms with Gasteiger partial charge in [-0.3, -0.25) is 4.57 Å². The first-order chi connectivity index (χ1) is 29.9. The van der Waals surface area contributed by atoms with Crippen LogP contribution in [0.15, 0.2) is 206 Å². The molecule has 0 atom stereocenters. The number of benzene rings is 7. The summed E-state index contributed by atoms with van der Waals surface area (Å²) in [5, 5.41) is 12.3. The number of fused-ring (bicyclic) bond motifs is 4. The van der Waals surface area contributed by atoms with Gasteiger partial charge < -0.3 is 15.4 Å². The van der Waals surface area contributed by atoms with E-state index in [-0.39, 0.29) is 5.41 Å². The molecular formula is C56H44N4O. The zero-order valence-electron chi connectivity index (χ0n) is 34.4. The van der Waals surface area contributed by atoms with Crippen molar-refractivity contribution in [1.82, 2.24) is 9.55 Å². The molecule has 5 heteroatoms. The van der Waals surface area contributed by atoms with Crippen LogP contribution in [-0.2, 0) is 5.41 Å². The molecule has 7 aromatic carbocycles. The van der Waals surface area contributed by atoms with Gasteiger partial charge in [0.15, 0.2) is 0 Å². The van der Waals surface area contributed by atoms with Crippen LogP contribution in [0.25, 0.3) is 55.1 Å². The second kappa shape index (κ2) is 15.7. The molecule has 1 aliphatic rings. The molecule has 2 N–H and O–H groups in total. The van der Waals surface area contributed by atoms with E-state index in [0.29, 0.717) is 0 Å². The van der Waals surface area contributed by atoms with E-state index < -0.39 is 0 Å². The number of nitrogens with zero attached hydrogens (tertiary/aromatic N) is 2. The quantitative estimate of drug-likeness (QED) is 0.143. The van der Waals surface area contributed by atoms with Gasteiger partial charge in [-0.1, -0.05) is 136 Å². The molecule has 2 heterocycles. The maximum Gasteiger partial charge on any atom is 0.137 e. The van der Waals surface area contributed by atoms with Gasteiger partial charge in [0.1, 0.15) is 17.3 Å². The monoisotopic (exact) mass is 788 g/mol. The summed E-state index contributed by atoms with van der Waals surface area (Å²) in [5.41, 5.74) is 14.8. The number of aromatic nitrogens is 2. The van der Waals surface area contributed by atoms with Gasteiger partial charge in [-0.25, -0.2) is 4.98 Å². The Morgan fingerprint density at radius 2 is 1.36 bits per heavy atom. The lowest BCUT2D eigenvalue weighted by molar-refractivity contribution is 0.483. The zero-order valence-corrected chi connectivity index (χ0v) is 34.4. The van der Waals surface area contributed by atoms with Gasteiger partial charge >= 0.3 is 0 Å². The Morgan fingerprint density at radius 1 is 0.590 bits per heavy atom. The van der Waals surface area contributed by atoms with E-state index in [4.69, 9.17) is 9.72 Å². The highest BCUT2D eigenvalue weighted by Crippen LogP contribution is 2.43. The van der Waals surface area contributed by atoms with Gasteiger partial charge in [0.05, 0.1) is 28.1 Å². The molecule has 61 heavy (non-hydrogen) atoms. The molecule has 0 aliphatic heterocycles. The molecule has 0 saturated carbocycles. The number of ether oxygens (including phenoxy) is 1. The SMILES string of the molecule is CC(C)(C)c1ccnc(-n2c3ccccc3c3ccc(Oc4cccc(Nc5ccc6ccccc6c5Nc5c(C6=CC=C=CC=C6)cccc5-c5ccccc5)c4)cc32)c1. The highest BCUT2D eigenvalue weighted by Gasteiger charge is 2.20. The van der Waals surface area contributed by atoms with E-state index in [1.807, 2.05) is 36.6 Å². The fraction of sp³-hybridized carbons (Fsp3) is 0.0714. The Bertz CT molecular complexity index is 3250. The predicted octanol–water partition coefficient (Wildman–Crippen LogP) is 15.2. The van der Waals surface area contributed by atoms with Crippen molar-refractivity contribution in [2.24, 2.45) is 0 Å². The third-order valence-electron chi connectivity index (χ3n) is 11.3. The fourth-order valence-electron chi connectivity index (χ4n) is 8.25. The first kappa shape index (κ1) is 37.4. The van der Waals surface area contributed by atoms with Crippen molar-refractivity contribution in [2.75, 3.05) is 10.6 Å². The van der Waals surface area contributed by atoms with Crippen molar-refractivity contribution in [3.8, 4) is 28.4 Å². The van der Waals surface area contributed by atoms with E-state index in [2.05, 4.69) is 206 Å². The van der Waals surface area contributed by atoms with Crippen LogP contribution in [0.3, 0.4) is 0 Å². The number of anilines is 4. The van der Waals surface area contributed by atoms with E-state index in [0.717, 1.165) is 89.5 Å². The Balaban J connectivity index is 1.02. The van der Waals surface area contributed by atoms with Gasteiger partial charge in [0.25, 0.3) is 0 Å². The lowest BCUT2D eigenvalue weighted by atomic mass is 9.88. The summed E-state index contributed by atoms with van der Waals surface area (Å²) in [7, 11) is 0. The molecule has 1 aliphatic carbocycles. The van der Waals surface area contributed by atoms with Crippen LogP contribution in [0.4, 0.5) is 22.7 Å². The molecule has 2 aromatic heterocycles. The molecule has 0 unspecified atom stereocenters. The molecule has 10 rings (SSSR count). The fourth-order valence-corrected chi connectivity index (χ4v) is 8.25. The minimum absolute atomic E-state index is 0.0113. The Kier molecular flexibility index (Phi) is 9.65. The zero-order chi connectivity index (χ0) is 41.3. The van der Waals surface area contributed by atoms with Crippen molar-refractivity contribution >= 4 is 60.9 Å². The third-order valence-corrected chi connectivity index (χ3v) is 11.3. The van der Waals surface area contributed by atoms with E-state index in [1.54, 1.807) is 0 Å². The average Bonchev–Trinajstić information content (AvgIpc) is 3.39. The number of para-hydroxylation sites is 2. The van der Waals surface area contributed by atoms with Crippen LogP contribution in [0.1, 0.15) is 31.9 Å². The number of allylic oxidation sites excluding steroid dienone is 5. The Morgan fingerprint density at radius 3 is 2.25 bits per heavy atom. The smallest absolute Gasteiger partial charge is 0.137 e. The normalized spacial score (nSPS) is 12.5. The van der Waals surface area contributed by atoms with Crippen molar-refractivity contribution in [2.45, 2.75) is 26.2 Å². The van der Waals surface area contributed by atoms with Crippen LogP contribution in [0.2, 0.25) is 0 Å². The standard InChI is InChI=1S/C56H44N4O/c1-56(2,3)41-33-34-57-53(35-41)60-51-28-14-13-25-48(51)49-31-30-44(37-52(49)60)61-43-23-15-22-42(36-43)58-50-32-29-40-21-11-12-24-47(40)55(50)59-54-45(38-17-7-4-5-8-18-38)26-16-27-46(54)39-19-9-6-10-20-39/h4,6-37,58-59H,1-3H3. The summed E-state index contributed by atoms with van der Waals surface area (Å²) in [6, 6.07) is 57.2. The molecule has 0 bridgehead atoms. The summed E-state index contributed by atoms with van der Waals surface area (Å²) in [4.78, 5) is 4.86. The minimum atomic E-state index is -0.0113. The predicted molar refractivity (Wildman–Crippen MR) is 256 cm³/mol. The summed E-state index contributed by atoms with van der Waals surface area (Å²) in [5.74, 6) is 2.35. The van der Waals surface area contributed by atoms with Crippen molar-refractivity contribution < 1.29 is 4.74 Å². The number of nitrogens with one attached hydrogen (secondary N) is 2. The third kappa shape index (κ3) is 7.40. The van der Waals surface area contributed by atoms with Crippen LogP contribution in [0.5, 0.6) is 11.5 Å². The minimum Gasteiger partial charge on any atom is -0.457 e. The molecule has 0 fully saturated rings. The van der Waals surface area contributed by atoms with Gasteiger partial charge in [0.2, 0.25) is 0 Å². The van der Waals surface area contributed by atoms with E-state index in [9.17, 15) is 0 Å². The highest BCUT2D eigenvalue weighted by atomic mass is 16.5. The number of pyridine rings is 1. The van der Waals surface area contributed by atoms with Crippen molar-refractivity contribution in [1.29, 1.82) is 0 Å². The van der Waals surface area contributed by atoms with Crippen molar-refractivity contribution in [3.63, 3.8) is 0 Å². The summed E-state index contributed by atoms with van der Waals surface area (Å²) in [6.45, 7) is 6.70. The molecule has 5 nitrogen and oxygen atoms in total. The van der Waals surface area contributed by atoms with E-state index >= 15 is 0 Å². The lowest BCUT2D eigenvalue weighted by Crippen LogP contribution is -2.12. The molecule has 0 radical (unpaired) electrons. The molecule has 0 amide bonds. The first-order valence-corrected chi connectivity index (χ1v) is 20.7. The summed E-state index contributed by atoms with van der Waals surface area (Å²) in [6.07, 6.45) is 12.1.